The predicted octanol–water partition coefficient (Wildman–Crippen LogP) is 3.00. The predicted molar refractivity (Wildman–Crippen MR) is 72.8 cm³/mol. The molecule has 0 fully saturated rings. The Labute approximate surface area is 114 Å². The molecule has 0 saturated carbocycles. The summed E-state index contributed by atoms with van der Waals surface area (Å²) in [6, 6.07) is 11.6. The standard InChI is InChI=1S/C14H9ClN4/c15-11-3-1-10-2-4-12(18-13(10)7-11)9-19-6-5-17-14(19)8-16/h1-7H,9H2. The molecule has 0 spiro atoms. The monoisotopic (exact) mass is 268 g/mol. The fraction of sp³-hybridized carbons (Fsp3) is 0.0714. The number of aromatic nitrogens is 3. The van der Waals surface area contributed by atoms with Crippen molar-refractivity contribution >= 4 is 22.5 Å². The van der Waals surface area contributed by atoms with E-state index in [-0.39, 0.29) is 0 Å². The largest absolute Gasteiger partial charge is 0.317 e. The summed E-state index contributed by atoms with van der Waals surface area (Å²) in [6.07, 6.45) is 3.37. The molecule has 1 aromatic carbocycles. The third kappa shape index (κ3) is 2.28. The summed E-state index contributed by atoms with van der Waals surface area (Å²) in [5.74, 6) is 0.382. The van der Waals surface area contributed by atoms with E-state index in [1.54, 1.807) is 17.0 Å². The van der Waals surface area contributed by atoms with Crippen LogP contribution < -0.4 is 0 Å². The van der Waals surface area contributed by atoms with E-state index in [1.165, 1.54) is 0 Å². The van der Waals surface area contributed by atoms with Crippen LogP contribution in [-0.4, -0.2) is 14.5 Å². The molecule has 2 aromatic heterocycles. The number of nitrogens with zero attached hydrogens (tertiary/aromatic N) is 4. The number of nitriles is 1. The fourth-order valence-electron chi connectivity index (χ4n) is 1.94. The number of benzene rings is 1. The molecule has 3 rings (SSSR count). The molecule has 0 radical (unpaired) electrons. The molecule has 0 unspecified atom stereocenters. The average molecular weight is 269 g/mol. The lowest BCUT2D eigenvalue weighted by Crippen LogP contribution is -2.03. The van der Waals surface area contributed by atoms with Gasteiger partial charge in [-0.15, -0.1) is 0 Å². The van der Waals surface area contributed by atoms with Crippen LogP contribution in [0.25, 0.3) is 10.9 Å². The molecule has 0 amide bonds. The summed E-state index contributed by atoms with van der Waals surface area (Å²) in [4.78, 5) is 8.50. The minimum absolute atomic E-state index is 0.382. The SMILES string of the molecule is N#Cc1nccn1Cc1ccc2ccc(Cl)cc2n1. The molecule has 0 saturated heterocycles. The van der Waals surface area contributed by atoms with Crippen molar-refractivity contribution in [3.05, 3.63) is 59.3 Å². The average Bonchev–Trinajstić information content (AvgIpc) is 2.85. The first-order chi connectivity index (χ1) is 9.26. The lowest BCUT2D eigenvalue weighted by atomic mass is 10.2. The van der Waals surface area contributed by atoms with E-state index >= 15 is 0 Å². The second-order valence-electron chi connectivity index (χ2n) is 4.13. The first-order valence-corrected chi connectivity index (χ1v) is 6.10. The van der Waals surface area contributed by atoms with Gasteiger partial charge in [0.15, 0.2) is 0 Å². The van der Waals surface area contributed by atoms with Crippen LogP contribution in [0.1, 0.15) is 11.5 Å². The number of pyridine rings is 1. The molecule has 0 aliphatic heterocycles. The first kappa shape index (κ1) is 11.7. The van der Waals surface area contributed by atoms with Gasteiger partial charge >= 0.3 is 0 Å². The van der Waals surface area contributed by atoms with E-state index in [9.17, 15) is 0 Å². The highest BCUT2D eigenvalue weighted by molar-refractivity contribution is 6.31. The Morgan fingerprint density at radius 2 is 2.11 bits per heavy atom. The second-order valence-corrected chi connectivity index (χ2v) is 4.57. The van der Waals surface area contributed by atoms with Crippen LogP contribution in [0, 0.1) is 11.3 Å². The van der Waals surface area contributed by atoms with Crippen LogP contribution in [0.4, 0.5) is 0 Å². The number of halogens is 1. The topological polar surface area (TPSA) is 54.5 Å². The third-order valence-electron chi connectivity index (χ3n) is 2.86. The van der Waals surface area contributed by atoms with Crippen LogP contribution in [0.2, 0.25) is 5.02 Å². The summed E-state index contributed by atoms with van der Waals surface area (Å²) < 4.78 is 1.76. The Hall–Kier alpha value is -2.38. The maximum absolute atomic E-state index is 8.92. The van der Waals surface area contributed by atoms with Gasteiger partial charge in [0.05, 0.1) is 17.8 Å². The van der Waals surface area contributed by atoms with E-state index in [2.05, 4.69) is 9.97 Å². The molecule has 2 heterocycles. The maximum Gasteiger partial charge on any atom is 0.213 e. The molecule has 0 bridgehead atoms. The number of imidazole rings is 1. The zero-order chi connectivity index (χ0) is 13.2. The Kier molecular flexibility index (Phi) is 2.90. The molecular weight excluding hydrogens is 260 g/mol. The lowest BCUT2D eigenvalue weighted by molar-refractivity contribution is 0.763. The number of fused-ring (bicyclic) bond motifs is 1. The molecule has 92 valence electrons. The van der Waals surface area contributed by atoms with Crippen molar-refractivity contribution in [3.63, 3.8) is 0 Å². The van der Waals surface area contributed by atoms with Gasteiger partial charge < -0.3 is 4.57 Å². The minimum atomic E-state index is 0.382. The molecular formula is C14H9ClN4. The minimum Gasteiger partial charge on any atom is -0.317 e. The van der Waals surface area contributed by atoms with Crippen LogP contribution >= 0.6 is 11.6 Å². The lowest BCUT2D eigenvalue weighted by Gasteiger charge is -2.05. The van der Waals surface area contributed by atoms with E-state index < -0.39 is 0 Å². The summed E-state index contributed by atoms with van der Waals surface area (Å²) >= 11 is 5.96. The van der Waals surface area contributed by atoms with Crippen molar-refractivity contribution in [1.29, 1.82) is 5.26 Å². The molecule has 0 N–H and O–H groups in total. The Bertz CT molecular complexity index is 785. The molecule has 0 atom stereocenters. The normalized spacial score (nSPS) is 10.5. The highest BCUT2D eigenvalue weighted by Crippen LogP contribution is 2.18. The van der Waals surface area contributed by atoms with Gasteiger partial charge in [-0.3, -0.25) is 4.98 Å². The van der Waals surface area contributed by atoms with Crippen molar-refractivity contribution in [2.24, 2.45) is 0 Å². The first-order valence-electron chi connectivity index (χ1n) is 5.73. The maximum atomic E-state index is 8.92. The molecule has 19 heavy (non-hydrogen) atoms. The van der Waals surface area contributed by atoms with Crippen LogP contribution in [-0.2, 0) is 6.54 Å². The van der Waals surface area contributed by atoms with Crippen molar-refractivity contribution in [1.82, 2.24) is 14.5 Å². The van der Waals surface area contributed by atoms with Gasteiger partial charge in [0, 0.05) is 22.8 Å². The van der Waals surface area contributed by atoms with E-state index in [0.29, 0.717) is 17.4 Å². The second kappa shape index (κ2) is 4.71. The van der Waals surface area contributed by atoms with Gasteiger partial charge in [-0.05, 0) is 18.2 Å². The number of hydrogen-bond donors (Lipinski definition) is 0. The van der Waals surface area contributed by atoms with Crippen LogP contribution in [0.15, 0.2) is 42.7 Å². The Balaban J connectivity index is 2.00. The highest BCUT2D eigenvalue weighted by atomic mass is 35.5. The van der Waals surface area contributed by atoms with E-state index in [4.69, 9.17) is 16.9 Å². The molecule has 0 aliphatic rings. The number of hydrogen-bond acceptors (Lipinski definition) is 3. The quantitative estimate of drug-likeness (QED) is 0.718. The van der Waals surface area contributed by atoms with Crippen LogP contribution in [0.5, 0.6) is 0 Å². The van der Waals surface area contributed by atoms with Crippen molar-refractivity contribution < 1.29 is 0 Å². The van der Waals surface area contributed by atoms with Gasteiger partial charge in [0.1, 0.15) is 6.07 Å². The van der Waals surface area contributed by atoms with Crippen molar-refractivity contribution in [3.8, 4) is 6.07 Å². The zero-order valence-electron chi connectivity index (χ0n) is 9.92. The molecule has 4 nitrogen and oxygen atoms in total. The van der Waals surface area contributed by atoms with Gasteiger partial charge in [-0.25, -0.2) is 4.98 Å². The summed E-state index contributed by atoms with van der Waals surface area (Å²) in [5, 5.41) is 10.6. The van der Waals surface area contributed by atoms with Gasteiger partial charge in [-0.1, -0.05) is 23.7 Å². The Morgan fingerprint density at radius 1 is 1.26 bits per heavy atom. The Morgan fingerprint density at radius 3 is 2.95 bits per heavy atom. The summed E-state index contributed by atoms with van der Waals surface area (Å²) in [6.45, 7) is 0.519. The third-order valence-corrected chi connectivity index (χ3v) is 3.09. The zero-order valence-corrected chi connectivity index (χ0v) is 10.7. The van der Waals surface area contributed by atoms with Crippen LogP contribution in [0.3, 0.4) is 0 Å². The number of rotatable bonds is 2. The fourth-order valence-corrected chi connectivity index (χ4v) is 2.11. The summed E-state index contributed by atoms with van der Waals surface area (Å²) in [5.41, 5.74) is 1.72. The summed E-state index contributed by atoms with van der Waals surface area (Å²) in [7, 11) is 0. The molecule has 0 aliphatic carbocycles. The van der Waals surface area contributed by atoms with Gasteiger partial charge in [0.25, 0.3) is 0 Å². The van der Waals surface area contributed by atoms with E-state index in [0.717, 1.165) is 16.6 Å². The smallest absolute Gasteiger partial charge is 0.213 e. The highest BCUT2D eigenvalue weighted by Gasteiger charge is 2.04. The van der Waals surface area contributed by atoms with E-state index in [1.807, 2.05) is 36.4 Å². The van der Waals surface area contributed by atoms with Crippen molar-refractivity contribution in [2.75, 3.05) is 0 Å². The molecule has 5 heteroatoms. The van der Waals surface area contributed by atoms with Gasteiger partial charge in [0.2, 0.25) is 5.82 Å². The van der Waals surface area contributed by atoms with Gasteiger partial charge in [-0.2, -0.15) is 5.26 Å². The van der Waals surface area contributed by atoms with Crippen molar-refractivity contribution in [2.45, 2.75) is 6.54 Å². The molecule has 3 aromatic rings.